The molecule has 5 N–H and O–H groups in total. The molecule has 1 saturated heterocycles. The molecule has 0 aromatic heterocycles. The molecule has 0 bridgehead atoms. The molecular weight excluding hydrogens is 445 g/mol. The average Bonchev–Trinajstić information content (AvgIpc) is 2.86. The Bertz CT molecular complexity index is 1040. The van der Waals surface area contributed by atoms with Crippen LogP contribution in [0.4, 0.5) is 4.39 Å². The minimum Gasteiger partial charge on any atom is -0.385 e. The lowest BCUT2D eigenvalue weighted by Crippen LogP contribution is -2.48. The molecular formula is C28H38FN3O3. The Morgan fingerprint density at radius 3 is 2.66 bits per heavy atom. The lowest BCUT2D eigenvalue weighted by molar-refractivity contribution is -0.137. The minimum absolute atomic E-state index is 0.111. The summed E-state index contributed by atoms with van der Waals surface area (Å²) < 4.78 is 15.3. The number of rotatable bonds is 10. The number of nitrogens with zero attached hydrogens (tertiary/aromatic N) is 1. The normalized spacial score (nSPS) is 18.7. The molecule has 6 nitrogen and oxygen atoms in total. The molecule has 35 heavy (non-hydrogen) atoms. The Morgan fingerprint density at radius 2 is 1.97 bits per heavy atom. The highest BCUT2D eigenvalue weighted by Crippen LogP contribution is 2.44. The maximum Gasteiger partial charge on any atom is 0.234 e. The molecule has 2 aromatic rings. The van der Waals surface area contributed by atoms with Crippen LogP contribution in [0.3, 0.4) is 0 Å². The monoisotopic (exact) mass is 483 g/mol. The van der Waals surface area contributed by atoms with Crippen LogP contribution in [0, 0.1) is 11.7 Å². The summed E-state index contributed by atoms with van der Waals surface area (Å²) in [4.78, 5) is 25.8. The lowest BCUT2D eigenvalue weighted by atomic mass is 9.72. The highest BCUT2D eigenvalue weighted by Gasteiger charge is 2.42. The van der Waals surface area contributed by atoms with Crippen LogP contribution in [0.15, 0.2) is 42.5 Å². The number of benzene rings is 2. The van der Waals surface area contributed by atoms with Gasteiger partial charge in [-0.2, -0.15) is 0 Å². The zero-order valence-electron chi connectivity index (χ0n) is 20.8. The van der Waals surface area contributed by atoms with Crippen LogP contribution in [0.2, 0.25) is 0 Å². The van der Waals surface area contributed by atoms with Crippen molar-refractivity contribution >= 4 is 11.8 Å². The molecule has 1 heterocycles. The van der Waals surface area contributed by atoms with Gasteiger partial charge in [0.05, 0.1) is 11.6 Å². The van der Waals surface area contributed by atoms with Crippen LogP contribution >= 0.6 is 0 Å². The zero-order valence-corrected chi connectivity index (χ0v) is 20.8. The van der Waals surface area contributed by atoms with Crippen LogP contribution < -0.4 is 11.5 Å². The summed E-state index contributed by atoms with van der Waals surface area (Å²) in [7, 11) is 0. The quantitative estimate of drug-likeness (QED) is 0.476. The largest absolute Gasteiger partial charge is 0.385 e. The molecule has 1 aliphatic heterocycles. The van der Waals surface area contributed by atoms with E-state index >= 15 is 4.39 Å². The van der Waals surface area contributed by atoms with Crippen LogP contribution in [-0.2, 0) is 21.6 Å². The molecule has 0 radical (unpaired) electrons. The second-order valence-electron chi connectivity index (χ2n) is 9.62. The van der Waals surface area contributed by atoms with Gasteiger partial charge in [-0.05, 0) is 54.9 Å². The van der Waals surface area contributed by atoms with Crippen LogP contribution in [0.5, 0.6) is 0 Å². The third kappa shape index (κ3) is 6.08. The first-order valence-electron chi connectivity index (χ1n) is 12.6. The lowest BCUT2D eigenvalue weighted by Gasteiger charge is -2.43. The van der Waals surface area contributed by atoms with Crippen molar-refractivity contribution in [2.24, 2.45) is 17.4 Å². The number of aryl methyl sites for hydroxylation is 1. The van der Waals surface area contributed by atoms with E-state index in [4.69, 9.17) is 11.5 Å². The first kappa shape index (κ1) is 26.8. The standard InChI is InChI=1S/C28H38FN3O3/c1-3-15-28(35,21-10-7-16-32(18-21)25(33)14-13-24(30)27(31)34)22-11-6-12-23(29)26(22)20-9-5-8-19(4-2)17-20/h5-6,8-9,11-12,17,21,24,35H,3-4,7,10,13-16,18,30H2,1-2H3,(H2,31,34)/t21?,24-,28?/m0/s1. The molecule has 0 saturated carbocycles. The predicted molar refractivity (Wildman–Crippen MR) is 136 cm³/mol. The third-order valence-electron chi connectivity index (χ3n) is 7.22. The minimum atomic E-state index is -1.29. The SMILES string of the molecule is CCCC(O)(c1cccc(F)c1-c1cccc(CC)c1)C1CCCN(C(=O)CC[C@H](N)C(N)=O)C1. The number of hydrogen-bond donors (Lipinski definition) is 3. The van der Waals surface area contributed by atoms with E-state index in [1.165, 1.54) is 6.07 Å². The molecule has 1 aliphatic rings. The zero-order chi connectivity index (χ0) is 25.6. The maximum absolute atomic E-state index is 15.3. The van der Waals surface area contributed by atoms with E-state index in [1.54, 1.807) is 11.0 Å². The summed E-state index contributed by atoms with van der Waals surface area (Å²) in [5, 5.41) is 12.2. The second kappa shape index (κ2) is 11.8. The number of piperidine rings is 1. The van der Waals surface area contributed by atoms with Gasteiger partial charge in [0.2, 0.25) is 11.8 Å². The van der Waals surface area contributed by atoms with Crippen molar-refractivity contribution in [1.82, 2.24) is 4.90 Å². The van der Waals surface area contributed by atoms with Crippen LogP contribution in [0.1, 0.15) is 63.5 Å². The molecule has 3 rings (SSSR count). The van der Waals surface area contributed by atoms with E-state index in [0.29, 0.717) is 37.1 Å². The Hall–Kier alpha value is -2.77. The summed E-state index contributed by atoms with van der Waals surface area (Å²) in [6.45, 7) is 5.00. The summed E-state index contributed by atoms with van der Waals surface area (Å²) in [5.74, 6) is -1.35. The van der Waals surface area contributed by atoms with Crippen molar-refractivity contribution in [2.75, 3.05) is 13.1 Å². The van der Waals surface area contributed by atoms with E-state index < -0.39 is 17.6 Å². The van der Waals surface area contributed by atoms with Crippen LogP contribution in [0.25, 0.3) is 11.1 Å². The number of amides is 2. The number of nitrogens with two attached hydrogens (primary N) is 2. The molecule has 3 atom stereocenters. The first-order chi connectivity index (χ1) is 16.7. The highest BCUT2D eigenvalue weighted by molar-refractivity contribution is 5.81. The Morgan fingerprint density at radius 1 is 1.23 bits per heavy atom. The Labute approximate surface area is 207 Å². The van der Waals surface area contributed by atoms with Gasteiger partial charge in [-0.15, -0.1) is 0 Å². The number of carbonyl (C=O) groups is 2. The van der Waals surface area contributed by atoms with Gasteiger partial charge in [0.15, 0.2) is 0 Å². The maximum atomic E-state index is 15.3. The summed E-state index contributed by atoms with van der Waals surface area (Å²) in [5.41, 5.74) is 12.5. The van der Waals surface area contributed by atoms with Gasteiger partial charge in [-0.25, -0.2) is 4.39 Å². The van der Waals surface area contributed by atoms with Gasteiger partial charge in [0.25, 0.3) is 0 Å². The van der Waals surface area contributed by atoms with E-state index in [0.717, 1.165) is 30.4 Å². The number of hydrogen-bond acceptors (Lipinski definition) is 4. The molecule has 190 valence electrons. The number of likely N-dealkylation sites (tertiary alicyclic amines) is 1. The first-order valence-corrected chi connectivity index (χ1v) is 12.6. The Kier molecular flexibility index (Phi) is 9.03. The van der Waals surface area contributed by atoms with E-state index in [1.807, 2.05) is 37.3 Å². The topological polar surface area (TPSA) is 110 Å². The second-order valence-corrected chi connectivity index (χ2v) is 9.62. The molecule has 2 amide bonds. The van der Waals surface area contributed by atoms with Gasteiger partial charge in [0, 0.05) is 31.0 Å². The van der Waals surface area contributed by atoms with Gasteiger partial charge in [0.1, 0.15) is 5.82 Å². The van der Waals surface area contributed by atoms with Gasteiger partial charge in [-0.1, -0.05) is 56.7 Å². The van der Waals surface area contributed by atoms with Crippen molar-refractivity contribution in [3.63, 3.8) is 0 Å². The van der Waals surface area contributed by atoms with E-state index in [-0.39, 0.29) is 30.5 Å². The highest BCUT2D eigenvalue weighted by atomic mass is 19.1. The molecule has 7 heteroatoms. The molecule has 2 aromatic carbocycles. The Balaban J connectivity index is 1.94. The van der Waals surface area contributed by atoms with Gasteiger partial charge >= 0.3 is 0 Å². The van der Waals surface area contributed by atoms with E-state index in [9.17, 15) is 14.7 Å². The van der Waals surface area contributed by atoms with Crippen molar-refractivity contribution in [3.8, 4) is 11.1 Å². The smallest absolute Gasteiger partial charge is 0.234 e. The third-order valence-corrected chi connectivity index (χ3v) is 7.22. The number of primary amides is 1. The predicted octanol–water partition coefficient (Wildman–Crippen LogP) is 3.87. The summed E-state index contributed by atoms with van der Waals surface area (Å²) in [6.07, 6.45) is 3.77. The van der Waals surface area contributed by atoms with Crippen molar-refractivity contribution < 1.29 is 19.1 Å². The molecule has 1 fully saturated rings. The van der Waals surface area contributed by atoms with Crippen molar-refractivity contribution in [3.05, 3.63) is 59.4 Å². The van der Waals surface area contributed by atoms with Gasteiger partial charge < -0.3 is 21.5 Å². The van der Waals surface area contributed by atoms with Crippen molar-refractivity contribution in [1.29, 1.82) is 0 Å². The fourth-order valence-electron chi connectivity index (χ4n) is 5.24. The fourth-order valence-corrected chi connectivity index (χ4v) is 5.24. The van der Waals surface area contributed by atoms with Crippen LogP contribution in [-0.4, -0.2) is 41.0 Å². The average molecular weight is 484 g/mol. The summed E-state index contributed by atoms with van der Waals surface area (Å²) in [6, 6.07) is 11.8. The van der Waals surface area contributed by atoms with Crippen molar-refractivity contribution in [2.45, 2.75) is 70.4 Å². The molecule has 0 aliphatic carbocycles. The van der Waals surface area contributed by atoms with Gasteiger partial charge in [-0.3, -0.25) is 9.59 Å². The number of aliphatic hydroxyl groups is 1. The summed E-state index contributed by atoms with van der Waals surface area (Å²) >= 11 is 0. The van der Waals surface area contributed by atoms with E-state index in [2.05, 4.69) is 6.92 Å². The molecule has 2 unspecified atom stereocenters. The molecule has 0 spiro atoms. The number of halogens is 1. The fraction of sp³-hybridized carbons (Fsp3) is 0.500. The number of carbonyl (C=O) groups excluding carboxylic acids is 2.